The normalized spacial score (nSPS) is 12.1. The molecule has 112 valence electrons. The molecule has 0 saturated heterocycles. The lowest BCUT2D eigenvalue weighted by molar-refractivity contribution is -0.139. The zero-order valence-corrected chi connectivity index (χ0v) is 12.4. The second-order valence-electron chi connectivity index (χ2n) is 4.80. The number of hydrogen-bond donors (Lipinski definition) is 1. The standard InChI is InChI=1S/C16H19NO4/c1-4-5-11(16(18)19)15-12-9-14(21-3)13(20-2)8-10(12)6-7-17-15/h6-9,11H,4-5H2,1-3H3,(H,18,19). The van der Waals surface area contributed by atoms with Crippen LogP contribution < -0.4 is 9.47 Å². The van der Waals surface area contributed by atoms with Gasteiger partial charge in [0.1, 0.15) is 0 Å². The molecule has 1 unspecified atom stereocenters. The maximum Gasteiger partial charge on any atom is 0.312 e. The molecule has 1 aromatic carbocycles. The molecule has 0 aliphatic heterocycles. The third kappa shape index (κ3) is 2.91. The van der Waals surface area contributed by atoms with Crippen LogP contribution in [0.15, 0.2) is 24.4 Å². The molecule has 1 N–H and O–H groups in total. The smallest absolute Gasteiger partial charge is 0.312 e. The molecular weight excluding hydrogens is 270 g/mol. The average Bonchev–Trinajstić information content (AvgIpc) is 2.50. The van der Waals surface area contributed by atoms with E-state index in [9.17, 15) is 9.90 Å². The first-order valence-electron chi connectivity index (χ1n) is 6.85. The third-order valence-corrected chi connectivity index (χ3v) is 3.50. The molecule has 1 aromatic heterocycles. The molecule has 0 bridgehead atoms. The van der Waals surface area contributed by atoms with Crippen LogP contribution >= 0.6 is 0 Å². The second kappa shape index (κ2) is 6.43. The summed E-state index contributed by atoms with van der Waals surface area (Å²) in [4.78, 5) is 15.8. The van der Waals surface area contributed by atoms with Crippen LogP contribution in [0.3, 0.4) is 0 Å². The Bertz CT molecular complexity index is 654. The number of carboxylic acid groups (broad SMARTS) is 1. The Morgan fingerprint density at radius 2 is 1.95 bits per heavy atom. The molecule has 1 heterocycles. The number of aromatic nitrogens is 1. The third-order valence-electron chi connectivity index (χ3n) is 3.50. The summed E-state index contributed by atoms with van der Waals surface area (Å²) in [6.07, 6.45) is 2.97. The van der Waals surface area contributed by atoms with Gasteiger partial charge >= 0.3 is 5.97 Å². The van der Waals surface area contributed by atoms with Crippen LogP contribution in [0.2, 0.25) is 0 Å². The maximum atomic E-state index is 11.5. The van der Waals surface area contributed by atoms with E-state index in [-0.39, 0.29) is 0 Å². The lowest BCUT2D eigenvalue weighted by atomic mass is 9.95. The molecule has 0 saturated carbocycles. The van der Waals surface area contributed by atoms with Crippen molar-refractivity contribution in [1.82, 2.24) is 4.98 Å². The molecule has 5 nitrogen and oxygen atoms in total. The number of methoxy groups -OCH3 is 2. The summed E-state index contributed by atoms with van der Waals surface area (Å²) >= 11 is 0. The van der Waals surface area contributed by atoms with Crippen molar-refractivity contribution in [2.75, 3.05) is 14.2 Å². The topological polar surface area (TPSA) is 68.7 Å². The molecule has 0 radical (unpaired) electrons. The van der Waals surface area contributed by atoms with E-state index in [0.29, 0.717) is 23.6 Å². The zero-order chi connectivity index (χ0) is 15.4. The molecule has 2 aromatic rings. The number of benzene rings is 1. The molecule has 0 aliphatic rings. The molecule has 5 heteroatoms. The first kappa shape index (κ1) is 15.1. The van der Waals surface area contributed by atoms with Gasteiger partial charge in [-0.25, -0.2) is 0 Å². The van der Waals surface area contributed by atoms with Crippen molar-refractivity contribution < 1.29 is 19.4 Å². The molecule has 2 rings (SSSR count). The van der Waals surface area contributed by atoms with E-state index in [1.54, 1.807) is 26.5 Å². The van der Waals surface area contributed by atoms with Gasteiger partial charge in [0.25, 0.3) is 0 Å². The summed E-state index contributed by atoms with van der Waals surface area (Å²) < 4.78 is 10.6. The first-order valence-corrected chi connectivity index (χ1v) is 6.85. The summed E-state index contributed by atoms with van der Waals surface area (Å²) in [5.41, 5.74) is 0.572. The van der Waals surface area contributed by atoms with Gasteiger partial charge in [-0.1, -0.05) is 13.3 Å². The van der Waals surface area contributed by atoms with E-state index >= 15 is 0 Å². The van der Waals surface area contributed by atoms with Gasteiger partial charge in [-0.3, -0.25) is 9.78 Å². The predicted molar refractivity (Wildman–Crippen MR) is 80.1 cm³/mol. The summed E-state index contributed by atoms with van der Waals surface area (Å²) in [6, 6.07) is 5.47. The van der Waals surface area contributed by atoms with Crippen molar-refractivity contribution >= 4 is 16.7 Å². The quantitative estimate of drug-likeness (QED) is 0.884. The second-order valence-corrected chi connectivity index (χ2v) is 4.80. The van der Waals surface area contributed by atoms with Crippen LogP contribution in [0.25, 0.3) is 10.8 Å². The zero-order valence-electron chi connectivity index (χ0n) is 12.4. The number of carboxylic acids is 1. The summed E-state index contributed by atoms with van der Waals surface area (Å²) in [6.45, 7) is 1.96. The molecule has 1 atom stereocenters. The number of aliphatic carboxylic acids is 1. The lowest BCUT2D eigenvalue weighted by Gasteiger charge is -2.15. The van der Waals surface area contributed by atoms with E-state index in [4.69, 9.17) is 9.47 Å². The van der Waals surface area contributed by atoms with Gasteiger partial charge in [0.2, 0.25) is 0 Å². The van der Waals surface area contributed by atoms with E-state index in [1.807, 2.05) is 19.1 Å². The molecule has 0 spiro atoms. The van der Waals surface area contributed by atoms with Crippen molar-refractivity contribution in [3.63, 3.8) is 0 Å². The summed E-state index contributed by atoms with van der Waals surface area (Å²) in [5, 5.41) is 11.1. The van der Waals surface area contributed by atoms with Gasteiger partial charge in [-0.15, -0.1) is 0 Å². The number of fused-ring (bicyclic) bond motifs is 1. The molecule has 21 heavy (non-hydrogen) atoms. The Morgan fingerprint density at radius 1 is 1.29 bits per heavy atom. The van der Waals surface area contributed by atoms with Crippen molar-refractivity contribution in [2.45, 2.75) is 25.7 Å². The Kier molecular flexibility index (Phi) is 4.62. The monoisotopic (exact) mass is 289 g/mol. The van der Waals surface area contributed by atoms with Gasteiger partial charge in [0.15, 0.2) is 11.5 Å². The van der Waals surface area contributed by atoms with E-state index in [0.717, 1.165) is 17.2 Å². The van der Waals surface area contributed by atoms with E-state index in [2.05, 4.69) is 4.98 Å². The fourth-order valence-corrected chi connectivity index (χ4v) is 2.47. The van der Waals surface area contributed by atoms with Crippen LogP contribution in [-0.4, -0.2) is 30.3 Å². The minimum Gasteiger partial charge on any atom is -0.493 e. The number of carbonyl (C=O) groups is 1. The Morgan fingerprint density at radius 3 is 2.52 bits per heavy atom. The first-order chi connectivity index (χ1) is 10.1. The highest BCUT2D eigenvalue weighted by molar-refractivity contribution is 5.91. The highest BCUT2D eigenvalue weighted by Crippen LogP contribution is 2.35. The lowest BCUT2D eigenvalue weighted by Crippen LogP contribution is -2.13. The summed E-state index contributed by atoms with van der Waals surface area (Å²) in [7, 11) is 3.13. The van der Waals surface area contributed by atoms with Crippen LogP contribution in [0.1, 0.15) is 31.4 Å². The number of hydrogen-bond acceptors (Lipinski definition) is 4. The molecule has 0 fully saturated rings. The Balaban J connectivity index is 2.66. The number of pyridine rings is 1. The number of ether oxygens (including phenoxy) is 2. The van der Waals surface area contributed by atoms with Crippen LogP contribution in [-0.2, 0) is 4.79 Å². The molecule has 0 aliphatic carbocycles. The highest BCUT2D eigenvalue weighted by atomic mass is 16.5. The molecular formula is C16H19NO4. The van der Waals surface area contributed by atoms with Crippen LogP contribution in [0, 0.1) is 0 Å². The van der Waals surface area contributed by atoms with Crippen molar-refractivity contribution in [3.8, 4) is 11.5 Å². The van der Waals surface area contributed by atoms with Crippen molar-refractivity contribution in [2.24, 2.45) is 0 Å². The van der Waals surface area contributed by atoms with Crippen molar-refractivity contribution in [1.29, 1.82) is 0 Å². The molecule has 0 amide bonds. The largest absolute Gasteiger partial charge is 0.493 e. The minimum atomic E-state index is -0.855. The number of nitrogens with zero attached hydrogens (tertiary/aromatic N) is 1. The van der Waals surface area contributed by atoms with Gasteiger partial charge < -0.3 is 14.6 Å². The van der Waals surface area contributed by atoms with Gasteiger partial charge in [0, 0.05) is 11.6 Å². The van der Waals surface area contributed by atoms with Crippen molar-refractivity contribution in [3.05, 3.63) is 30.1 Å². The predicted octanol–water partition coefficient (Wildman–Crippen LogP) is 3.22. The fourth-order valence-electron chi connectivity index (χ4n) is 2.47. The number of rotatable bonds is 6. The van der Waals surface area contributed by atoms with E-state index < -0.39 is 11.9 Å². The summed E-state index contributed by atoms with van der Waals surface area (Å²) in [5.74, 6) is -0.284. The van der Waals surface area contributed by atoms with E-state index in [1.165, 1.54) is 0 Å². The average molecular weight is 289 g/mol. The Hall–Kier alpha value is -2.30. The fraction of sp³-hybridized carbons (Fsp3) is 0.375. The minimum absolute atomic E-state index is 0.551. The Labute approximate surface area is 123 Å². The maximum absolute atomic E-state index is 11.5. The van der Waals surface area contributed by atoms with Gasteiger partial charge in [-0.05, 0) is 30.0 Å². The van der Waals surface area contributed by atoms with Crippen LogP contribution in [0.4, 0.5) is 0 Å². The highest BCUT2D eigenvalue weighted by Gasteiger charge is 2.23. The van der Waals surface area contributed by atoms with Crippen LogP contribution in [0.5, 0.6) is 11.5 Å². The van der Waals surface area contributed by atoms with Gasteiger partial charge in [0.05, 0.1) is 25.8 Å². The SMILES string of the molecule is CCCC(C(=O)O)c1nccc2cc(OC)c(OC)cc12. The van der Waals surface area contributed by atoms with Gasteiger partial charge in [-0.2, -0.15) is 0 Å².